The number of allylic oxidation sites excluding steroid dienone is 2. The lowest BCUT2D eigenvalue weighted by atomic mass is 9.50. The summed E-state index contributed by atoms with van der Waals surface area (Å²) in [6.45, 7) is 4.09. The van der Waals surface area contributed by atoms with Gasteiger partial charge in [-0.25, -0.2) is 0 Å². The van der Waals surface area contributed by atoms with Crippen molar-refractivity contribution >= 4 is 5.78 Å². The summed E-state index contributed by atoms with van der Waals surface area (Å²) in [4.78, 5) is 12.1. The molecule has 4 rings (SSSR count). The van der Waals surface area contributed by atoms with Gasteiger partial charge in [-0.1, -0.05) is 24.3 Å². The Balaban J connectivity index is 2.06. The minimum Gasteiger partial charge on any atom is -0.389 e. The fourth-order valence-corrected chi connectivity index (χ4v) is 3.60. The van der Waals surface area contributed by atoms with E-state index in [4.69, 9.17) is 0 Å². The van der Waals surface area contributed by atoms with Gasteiger partial charge >= 0.3 is 0 Å². The Morgan fingerprint density at radius 1 is 1.47 bits per heavy atom. The first-order valence-corrected chi connectivity index (χ1v) is 5.70. The Hall–Kier alpha value is -0.890. The van der Waals surface area contributed by atoms with Crippen LogP contribution in [0, 0.1) is 17.3 Å². The van der Waals surface area contributed by atoms with Crippen LogP contribution < -0.4 is 0 Å². The first-order valence-electron chi connectivity index (χ1n) is 5.70. The Morgan fingerprint density at radius 2 is 2.27 bits per heavy atom. The molecule has 0 amide bonds. The van der Waals surface area contributed by atoms with Gasteiger partial charge in [0.1, 0.15) is 5.78 Å². The molecule has 4 atom stereocenters. The van der Waals surface area contributed by atoms with Gasteiger partial charge in [-0.3, -0.25) is 4.79 Å². The zero-order valence-corrected chi connectivity index (χ0v) is 8.78. The van der Waals surface area contributed by atoms with E-state index in [1.54, 1.807) is 6.08 Å². The molecule has 0 aromatic carbocycles. The molecule has 4 unspecified atom stereocenters. The predicted octanol–water partition coefficient (Wildman–Crippen LogP) is 1.85. The molecule has 80 valence electrons. The minimum absolute atomic E-state index is 0.287. The van der Waals surface area contributed by atoms with Crippen LogP contribution in [-0.2, 0) is 4.79 Å². The second-order valence-electron chi connectivity index (χ2n) is 5.29. The van der Waals surface area contributed by atoms with Crippen LogP contribution in [0.4, 0.5) is 0 Å². The molecular weight excluding hydrogens is 188 g/mol. The highest BCUT2D eigenvalue weighted by Gasteiger charge is 2.54. The Morgan fingerprint density at radius 3 is 3.07 bits per heavy atom. The van der Waals surface area contributed by atoms with E-state index in [-0.39, 0.29) is 11.5 Å². The molecule has 0 saturated heterocycles. The van der Waals surface area contributed by atoms with Crippen molar-refractivity contribution in [2.24, 2.45) is 17.3 Å². The summed E-state index contributed by atoms with van der Waals surface area (Å²) in [6, 6.07) is 0. The number of hydrogen-bond donors (Lipinski definition) is 1. The van der Waals surface area contributed by atoms with E-state index < -0.39 is 0 Å². The van der Waals surface area contributed by atoms with E-state index in [1.807, 2.05) is 6.08 Å². The Kier molecular flexibility index (Phi) is 1.76. The van der Waals surface area contributed by atoms with E-state index in [0.29, 0.717) is 24.0 Å². The molecule has 1 N–H and O–H groups in total. The molecule has 0 heterocycles. The van der Waals surface area contributed by atoms with Crippen molar-refractivity contribution in [1.29, 1.82) is 0 Å². The van der Waals surface area contributed by atoms with Crippen LogP contribution >= 0.6 is 0 Å². The summed E-state index contributed by atoms with van der Waals surface area (Å²) in [5, 5.41) is 9.60. The number of rotatable bonds is 0. The molecule has 15 heavy (non-hydrogen) atoms. The van der Waals surface area contributed by atoms with Crippen LogP contribution in [0.2, 0.25) is 0 Å². The van der Waals surface area contributed by atoms with Gasteiger partial charge in [0.05, 0.1) is 11.5 Å². The molecule has 3 fully saturated rings. The molecule has 2 nitrogen and oxygen atoms in total. The third-order valence-electron chi connectivity index (χ3n) is 4.49. The van der Waals surface area contributed by atoms with Gasteiger partial charge in [-0.05, 0) is 31.1 Å². The maximum Gasteiger partial charge on any atom is 0.143 e. The summed E-state index contributed by atoms with van der Waals surface area (Å²) in [6.07, 6.45) is 6.72. The molecule has 3 saturated carbocycles. The smallest absolute Gasteiger partial charge is 0.143 e. The van der Waals surface area contributed by atoms with Crippen LogP contribution in [-0.4, -0.2) is 17.0 Å². The van der Waals surface area contributed by atoms with Crippen LogP contribution in [0.1, 0.15) is 25.7 Å². The molecule has 0 radical (unpaired) electrons. The monoisotopic (exact) mass is 204 g/mol. The summed E-state index contributed by atoms with van der Waals surface area (Å²) in [5.74, 6) is 1.12. The van der Waals surface area contributed by atoms with Crippen molar-refractivity contribution in [3.8, 4) is 0 Å². The van der Waals surface area contributed by atoms with Crippen molar-refractivity contribution in [2.75, 3.05) is 0 Å². The average molecular weight is 204 g/mol. The zero-order chi connectivity index (χ0) is 10.6. The van der Waals surface area contributed by atoms with Crippen LogP contribution in [0.3, 0.4) is 0 Å². The van der Waals surface area contributed by atoms with Crippen molar-refractivity contribution in [3.63, 3.8) is 0 Å². The molecular formula is C13H16O2. The Labute approximate surface area is 89.7 Å². The number of Topliss-reactive ketones (excluding diaryl/α,β-unsaturated/α-hetero) is 1. The number of carbonyl (C=O) groups excluding carboxylic acids is 1. The molecule has 4 aliphatic carbocycles. The predicted molar refractivity (Wildman–Crippen MR) is 57.2 cm³/mol. The number of ketones is 1. The quantitative estimate of drug-likeness (QED) is 0.611. The van der Waals surface area contributed by atoms with Crippen molar-refractivity contribution in [2.45, 2.75) is 31.8 Å². The van der Waals surface area contributed by atoms with E-state index in [2.05, 4.69) is 6.58 Å². The van der Waals surface area contributed by atoms with Crippen LogP contribution in [0.15, 0.2) is 24.3 Å². The average Bonchev–Trinajstić information content (AvgIpc) is 2.18. The van der Waals surface area contributed by atoms with Gasteiger partial charge in [-0.2, -0.15) is 0 Å². The maximum absolute atomic E-state index is 12.1. The largest absolute Gasteiger partial charge is 0.389 e. The van der Waals surface area contributed by atoms with Crippen LogP contribution in [0.25, 0.3) is 0 Å². The van der Waals surface area contributed by atoms with Crippen LogP contribution in [0.5, 0.6) is 0 Å². The fourth-order valence-electron chi connectivity index (χ4n) is 3.60. The molecule has 0 aliphatic heterocycles. The number of aliphatic hydroxyl groups excluding tert-OH is 1. The Bertz CT molecular complexity index is 369. The number of hydrogen-bond acceptors (Lipinski definition) is 2. The van der Waals surface area contributed by atoms with Gasteiger partial charge in [0.2, 0.25) is 0 Å². The van der Waals surface area contributed by atoms with Gasteiger partial charge in [0.15, 0.2) is 0 Å². The highest BCUT2D eigenvalue weighted by molar-refractivity contribution is 5.90. The standard InChI is InChI=1S/C13H16O2/c1-8-7-13-3-2-11(14)6-10(13)4-9(8)5-12(13)15/h2-3,9-11,14H,1,4-7H2. The minimum atomic E-state index is -0.346. The van der Waals surface area contributed by atoms with Gasteiger partial charge in [0.25, 0.3) is 0 Å². The van der Waals surface area contributed by atoms with Crippen molar-refractivity contribution < 1.29 is 9.90 Å². The first-order chi connectivity index (χ1) is 7.12. The van der Waals surface area contributed by atoms with Gasteiger partial charge in [0, 0.05) is 6.42 Å². The summed E-state index contributed by atoms with van der Waals surface area (Å²) in [7, 11) is 0. The maximum atomic E-state index is 12.1. The topological polar surface area (TPSA) is 37.3 Å². The lowest BCUT2D eigenvalue weighted by Crippen LogP contribution is -2.51. The van der Waals surface area contributed by atoms with E-state index in [1.165, 1.54) is 5.57 Å². The molecule has 1 spiro atoms. The lowest BCUT2D eigenvalue weighted by Gasteiger charge is -2.52. The van der Waals surface area contributed by atoms with Crippen molar-refractivity contribution in [3.05, 3.63) is 24.3 Å². The molecule has 0 aromatic rings. The first kappa shape index (κ1) is 9.34. The number of aliphatic hydroxyl groups is 1. The normalized spacial score (nSPS) is 48.2. The van der Waals surface area contributed by atoms with Gasteiger partial charge < -0.3 is 5.11 Å². The second-order valence-corrected chi connectivity index (χ2v) is 5.29. The fraction of sp³-hybridized carbons (Fsp3) is 0.615. The molecule has 2 heteroatoms. The zero-order valence-electron chi connectivity index (χ0n) is 8.78. The third-order valence-corrected chi connectivity index (χ3v) is 4.49. The van der Waals surface area contributed by atoms with Gasteiger partial charge in [-0.15, -0.1) is 0 Å². The summed E-state index contributed by atoms with van der Waals surface area (Å²) < 4.78 is 0. The SMILES string of the molecule is C=C1CC23C=CC(O)CC2CC1CC3=O. The third kappa shape index (κ3) is 1.11. The lowest BCUT2D eigenvalue weighted by molar-refractivity contribution is -0.137. The molecule has 2 bridgehead atoms. The summed E-state index contributed by atoms with van der Waals surface area (Å²) >= 11 is 0. The highest BCUT2D eigenvalue weighted by atomic mass is 16.3. The van der Waals surface area contributed by atoms with E-state index in [9.17, 15) is 9.90 Å². The molecule has 4 aliphatic rings. The number of fused-ring (bicyclic) bond motifs is 2. The molecule has 0 aromatic heterocycles. The van der Waals surface area contributed by atoms with Crippen molar-refractivity contribution in [1.82, 2.24) is 0 Å². The highest BCUT2D eigenvalue weighted by Crippen LogP contribution is 2.57. The van der Waals surface area contributed by atoms with E-state index >= 15 is 0 Å². The second kappa shape index (κ2) is 2.82. The number of carbonyl (C=O) groups is 1. The van der Waals surface area contributed by atoms with E-state index in [0.717, 1.165) is 19.3 Å². The summed E-state index contributed by atoms with van der Waals surface area (Å²) in [5.41, 5.74) is 0.956.